The maximum Gasteiger partial charge on any atom is 0.0105 e. The van der Waals surface area contributed by atoms with E-state index in [0.717, 1.165) is 23.9 Å². The fourth-order valence-corrected chi connectivity index (χ4v) is 4.34. The molecular formula is C17H34N2. The summed E-state index contributed by atoms with van der Waals surface area (Å²) in [6, 6.07) is 1.58. The maximum atomic E-state index is 3.59. The molecule has 0 aromatic rings. The van der Waals surface area contributed by atoms with Crippen LogP contribution < -0.4 is 5.32 Å². The van der Waals surface area contributed by atoms with Gasteiger partial charge >= 0.3 is 0 Å². The Bertz CT molecular complexity index is 254. The van der Waals surface area contributed by atoms with Crippen molar-refractivity contribution in [1.82, 2.24) is 10.2 Å². The van der Waals surface area contributed by atoms with E-state index in [-0.39, 0.29) is 0 Å². The fourth-order valence-electron chi connectivity index (χ4n) is 4.34. The van der Waals surface area contributed by atoms with Crippen molar-refractivity contribution < 1.29 is 0 Å². The summed E-state index contributed by atoms with van der Waals surface area (Å²) in [5.74, 6) is 1.88. The molecule has 2 fully saturated rings. The molecule has 0 radical (unpaired) electrons. The number of hydrogen-bond acceptors (Lipinski definition) is 2. The third kappa shape index (κ3) is 4.19. The summed E-state index contributed by atoms with van der Waals surface area (Å²) in [5.41, 5.74) is 0. The zero-order chi connectivity index (χ0) is 13.7. The van der Waals surface area contributed by atoms with Crippen LogP contribution >= 0.6 is 0 Å². The van der Waals surface area contributed by atoms with Crippen LogP contribution in [0, 0.1) is 11.8 Å². The normalized spacial score (nSPS) is 37.4. The third-order valence-electron chi connectivity index (χ3n) is 5.57. The van der Waals surface area contributed by atoms with Crippen LogP contribution in [0.4, 0.5) is 0 Å². The summed E-state index contributed by atoms with van der Waals surface area (Å²) in [6.07, 6.45) is 11.4. The summed E-state index contributed by atoms with van der Waals surface area (Å²) >= 11 is 0. The monoisotopic (exact) mass is 266 g/mol. The minimum Gasteiger partial charge on any atom is -0.317 e. The summed E-state index contributed by atoms with van der Waals surface area (Å²) < 4.78 is 0. The first-order valence-electron chi connectivity index (χ1n) is 8.65. The molecule has 2 nitrogen and oxygen atoms in total. The van der Waals surface area contributed by atoms with Crippen LogP contribution in [0.5, 0.6) is 0 Å². The molecule has 1 aliphatic heterocycles. The molecule has 0 amide bonds. The maximum absolute atomic E-state index is 3.59. The largest absolute Gasteiger partial charge is 0.317 e. The van der Waals surface area contributed by atoms with E-state index in [2.05, 4.69) is 31.1 Å². The van der Waals surface area contributed by atoms with Gasteiger partial charge in [-0.3, -0.25) is 0 Å². The van der Waals surface area contributed by atoms with Gasteiger partial charge in [0.15, 0.2) is 0 Å². The summed E-state index contributed by atoms with van der Waals surface area (Å²) in [7, 11) is 2.16. The molecule has 1 saturated heterocycles. The molecule has 0 aromatic heterocycles. The molecule has 2 heteroatoms. The molecule has 2 aliphatic rings. The van der Waals surface area contributed by atoms with Crippen LogP contribution in [0.2, 0.25) is 0 Å². The van der Waals surface area contributed by atoms with Crippen molar-refractivity contribution in [2.45, 2.75) is 77.3 Å². The molecule has 0 spiro atoms. The van der Waals surface area contributed by atoms with Gasteiger partial charge < -0.3 is 10.2 Å². The molecule has 0 aromatic carbocycles. The van der Waals surface area contributed by atoms with Crippen molar-refractivity contribution in [2.75, 3.05) is 20.1 Å². The zero-order valence-electron chi connectivity index (χ0n) is 13.3. The second-order valence-corrected chi connectivity index (χ2v) is 6.96. The molecule has 0 bridgehead atoms. The number of hydrogen-bond donors (Lipinski definition) is 1. The van der Waals surface area contributed by atoms with Gasteiger partial charge in [0, 0.05) is 18.6 Å². The van der Waals surface area contributed by atoms with Crippen molar-refractivity contribution in [3.63, 3.8) is 0 Å². The molecule has 19 heavy (non-hydrogen) atoms. The highest BCUT2D eigenvalue weighted by atomic mass is 15.2. The molecule has 112 valence electrons. The van der Waals surface area contributed by atoms with Crippen molar-refractivity contribution in [1.29, 1.82) is 0 Å². The highest BCUT2D eigenvalue weighted by Crippen LogP contribution is 2.33. The molecule has 1 aliphatic carbocycles. The van der Waals surface area contributed by atoms with E-state index in [1.165, 1.54) is 64.5 Å². The lowest BCUT2D eigenvalue weighted by Gasteiger charge is -2.42. The Morgan fingerprint density at radius 1 is 1.16 bits per heavy atom. The van der Waals surface area contributed by atoms with E-state index in [4.69, 9.17) is 0 Å². The lowest BCUT2D eigenvalue weighted by atomic mass is 9.76. The van der Waals surface area contributed by atoms with E-state index in [1.54, 1.807) is 0 Å². The molecular weight excluding hydrogens is 232 g/mol. The van der Waals surface area contributed by atoms with Gasteiger partial charge in [0.05, 0.1) is 0 Å². The van der Waals surface area contributed by atoms with E-state index in [0.29, 0.717) is 0 Å². The smallest absolute Gasteiger partial charge is 0.0105 e. The zero-order valence-corrected chi connectivity index (χ0v) is 13.3. The van der Waals surface area contributed by atoms with E-state index < -0.39 is 0 Å². The Morgan fingerprint density at radius 2 is 2.00 bits per heavy atom. The third-order valence-corrected chi connectivity index (χ3v) is 5.57. The lowest BCUT2D eigenvalue weighted by Crippen LogP contribution is -2.48. The Hall–Kier alpha value is -0.0800. The minimum atomic E-state index is 0.766. The van der Waals surface area contributed by atoms with Gasteiger partial charge in [-0.1, -0.05) is 26.2 Å². The number of nitrogens with zero attached hydrogens (tertiary/aromatic N) is 1. The van der Waals surface area contributed by atoms with Gasteiger partial charge in [0.2, 0.25) is 0 Å². The van der Waals surface area contributed by atoms with Crippen LogP contribution in [0.25, 0.3) is 0 Å². The minimum absolute atomic E-state index is 0.766. The lowest BCUT2D eigenvalue weighted by molar-refractivity contribution is 0.0934. The number of piperidine rings is 1. The van der Waals surface area contributed by atoms with Crippen molar-refractivity contribution in [2.24, 2.45) is 11.8 Å². The molecule has 1 heterocycles. The topological polar surface area (TPSA) is 15.3 Å². The van der Waals surface area contributed by atoms with E-state index >= 15 is 0 Å². The Morgan fingerprint density at radius 3 is 2.68 bits per heavy atom. The fraction of sp³-hybridized carbons (Fsp3) is 1.00. The van der Waals surface area contributed by atoms with Gasteiger partial charge in [-0.15, -0.1) is 0 Å². The van der Waals surface area contributed by atoms with E-state index in [1.807, 2.05) is 0 Å². The van der Waals surface area contributed by atoms with Gasteiger partial charge in [0.1, 0.15) is 0 Å². The van der Waals surface area contributed by atoms with Gasteiger partial charge in [-0.05, 0) is 64.5 Å². The molecule has 4 unspecified atom stereocenters. The quantitative estimate of drug-likeness (QED) is 0.817. The Balaban J connectivity index is 1.89. The van der Waals surface area contributed by atoms with Gasteiger partial charge in [0.25, 0.3) is 0 Å². The molecule has 1 N–H and O–H groups in total. The average molecular weight is 266 g/mol. The SMILES string of the molecule is CCCC1CCC(NC)C(CN2CCCCC2C)C1. The van der Waals surface area contributed by atoms with E-state index in [9.17, 15) is 0 Å². The van der Waals surface area contributed by atoms with Crippen molar-refractivity contribution >= 4 is 0 Å². The van der Waals surface area contributed by atoms with Gasteiger partial charge in [-0.25, -0.2) is 0 Å². The first-order valence-corrected chi connectivity index (χ1v) is 8.65. The van der Waals surface area contributed by atoms with Crippen LogP contribution in [0.3, 0.4) is 0 Å². The van der Waals surface area contributed by atoms with Crippen LogP contribution in [0.15, 0.2) is 0 Å². The Kier molecular flexibility index (Phi) is 6.15. The van der Waals surface area contributed by atoms with Crippen LogP contribution in [-0.4, -0.2) is 37.1 Å². The first kappa shape index (κ1) is 15.3. The summed E-state index contributed by atoms with van der Waals surface area (Å²) in [5, 5.41) is 3.59. The highest BCUT2D eigenvalue weighted by molar-refractivity contribution is 4.87. The Labute approximate surface area is 120 Å². The predicted octanol–water partition coefficient (Wildman–Crippen LogP) is 3.67. The number of likely N-dealkylation sites (tertiary alicyclic amines) is 1. The standard InChI is InChI=1S/C17H34N2/c1-4-7-15-9-10-17(18-3)16(12-15)13-19-11-6-5-8-14(19)2/h14-18H,4-13H2,1-3H3. The van der Waals surface area contributed by atoms with Crippen LogP contribution in [0.1, 0.15) is 65.2 Å². The number of rotatable bonds is 5. The first-order chi connectivity index (χ1) is 9.24. The van der Waals surface area contributed by atoms with Crippen LogP contribution in [-0.2, 0) is 0 Å². The highest BCUT2D eigenvalue weighted by Gasteiger charge is 2.31. The second-order valence-electron chi connectivity index (χ2n) is 6.96. The summed E-state index contributed by atoms with van der Waals surface area (Å²) in [4.78, 5) is 2.77. The van der Waals surface area contributed by atoms with Crippen molar-refractivity contribution in [3.8, 4) is 0 Å². The molecule has 1 saturated carbocycles. The average Bonchev–Trinajstić information content (AvgIpc) is 2.42. The molecule has 2 rings (SSSR count). The second kappa shape index (κ2) is 7.64. The van der Waals surface area contributed by atoms with Gasteiger partial charge in [-0.2, -0.15) is 0 Å². The molecule has 4 atom stereocenters. The predicted molar refractivity (Wildman–Crippen MR) is 83.5 cm³/mol. The van der Waals surface area contributed by atoms with Crippen molar-refractivity contribution in [3.05, 3.63) is 0 Å². The summed E-state index contributed by atoms with van der Waals surface area (Å²) in [6.45, 7) is 7.45. The number of nitrogens with one attached hydrogen (secondary N) is 1.